The van der Waals surface area contributed by atoms with Crippen LogP contribution < -0.4 is 10.6 Å². The number of amides is 2. The number of benzene rings is 1. The van der Waals surface area contributed by atoms with Crippen molar-refractivity contribution in [2.75, 3.05) is 13.1 Å². The molecule has 1 heterocycles. The van der Waals surface area contributed by atoms with Gasteiger partial charge in [-0.1, -0.05) is 23.8 Å². The van der Waals surface area contributed by atoms with Crippen molar-refractivity contribution < 1.29 is 22.4 Å². The van der Waals surface area contributed by atoms with Crippen LogP contribution in [0.25, 0.3) is 0 Å². The van der Waals surface area contributed by atoms with Crippen molar-refractivity contribution in [2.24, 2.45) is 0 Å². The summed E-state index contributed by atoms with van der Waals surface area (Å²) in [6.07, 6.45) is 2.78. The zero-order valence-electron chi connectivity index (χ0n) is 14.3. The molecule has 1 atom stereocenters. The van der Waals surface area contributed by atoms with Crippen molar-refractivity contribution in [1.82, 2.24) is 10.6 Å². The van der Waals surface area contributed by atoms with Crippen LogP contribution in [-0.4, -0.2) is 33.3 Å². The molecule has 26 heavy (non-hydrogen) atoms. The highest BCUT2D eigenvalue weighted by molar-refractivity contribution is 7.91. The van der Waals surface area contributed by atoms with E-state index >= 15 is 0 Å². The van der Waals surface area contributed by atoms with Crippen molar-refractivity contribution in [2.45, 2.75) is 17.1 Å². The Morgan fingerprint density at radius 3 is 2.38 bits per heavy atom. The number of aryl methyl sites for hydroxylation is 1. The first kappa shape index (κ1) is 19.5. The Labute approximate surface area is 152 Å². The molecule has 0 aliphatic rings. The van der Waals surface area contributed by atoms with Crippen molar-refractivity contribution in [3.63, 3.8) is 0 Å². The summed E-state index contributed by atoms with van der Waals surface area (Å²) >= 11 is 0. The van der Waals surface area contributed by atoms with E-state index < -0.39 is 26.9 Å². The van der Waals surface area contributed by atoms with Crippen LogP contribution in [0.15, 0.2) is 64.6 Å². The maximum absolute atomic E-state index is 13.0. The first-order valence-corrected chi connectivity index (χ1v) is 9.41. The van der Waals surface area contributed by atoms with Gasteiger partial charge in [-0.2, -0.15) is 0 Å². The fourth-order valence-corrected chi connectivity index (χ4v) is 3.83. The summed E-state index contributed by atoms with van der Waals surface area (Å²) in [6.45, 7) is 5.12. The highest BCUT2D eigenvalue weighted by atomic mass is 32.2. The molecule has 2 N–H and O–H groups in total. The molecule has 0 radical (unpaired) electrons. The first-order chi connectivity index (χ1) is 12.4. The average molecular weight is 376 g/mol. The molecule has 1 aromatic carbocycles. The van der Waals surface area contributed by atoms with Gasteiger partial charge in [0.2, 0.25) is 0 Å². The Kier molecular flexibility index (Phi) is 6.35. The van der Waals surface area contributed by atoms with Gasteiger partial charge in [-0.05, 0) is 31.2 Å². The molecule has 0 saturated carbocycles. The molecule has 0 bridgehead atoms. The predicted octanol–water partition coefficient (Wildman–Crippen LogP) is 1.52. The number of sulfone groups is 1. The van der Waals surface area contributed by atoms with Gasteiger partial charge in [-0.25, -0.2) is 8.42 Å². The van der Waals surface area contributed by atoms with Gasteiger partial charge in [0.1, 0.15) is 11.0 Å². The van der Waals surface area contributed by atoms with Gasteiger partial charge in [-0.3, -0.25) is 9.59 Å². The quantitative estimate of drug-likeness (QED) is 0.563. The van der Waals surface area contributed by atoms with Crippen LogP contribution in [0.5, 0.6) is 0 Å². The predicted molar refractivity (Wildman–Crippen MR) is 96.0 cm³/mol. The zero-order valence-corrected chi connectivity index (χ0v) is 15.1. The first-order valence-electron chi connectivity index (χ1n) is 7.87. The van der Waals surface area contributed by atoms with E-state index in [-0.39, 0.29) is 23.7 Å². The van der Waals surface area contributed by atoms with E-state index in [0.29, 0.717) is 0 Å². The number of carbonyl (C=O) groups excluding carboxylic acids is 2. The molecule has 2 rings (SSSR count). The average Bonchev–Trinajstić information content (AvgIpc) is 3.14. The Morgan fingerprint density at radius 1 is 1.15 bits per heavy atom. The maximum atomic E-state index is 13.0. The second kappa shape index (κ2) is 8.48. The molecule has 0 aliphatic heterocycles. The van der Waals surface area contributed by atoms with Gasteiger partial charge in [0.25, 0.3) is 0 Å². The van der Waals surface area contributed by atoms with E-state index in [4.69, 9.17) is 4.42 Å². The van der Waals surface area contributed by atoms with Gasteiger partial charge in [0, 0.05) is 13.1 Å². The number of rotatable bonds is 7. The van der Waals surface area contributed by atoms with Crippen LogP contribution in [0.1, 0.15) is 16.6 Å². The molecule has 0 saturated heterocycles. The fraction of sp³-hybridized carbons (Fsp3) is 0.222. The van der Waals surface area contributed by atoms with Crippen LogP contribution in [0.2, 0.25) is 0 Å². The van der Waals surface area contributed by atoms with E-state index in [1.165, 1.54) is 30.5 Å². The highest BCUT2D eigenvalue weighted by Gasteiger charge is 2.32. The van der Waals surface area contributed by atoms with Crippen LogP contribution >= 0.6 is 0 Å². The van der Waals surface area contributed by atoms with Gasteiger partial charge in [0.15, 0.2) is 9.84 Å². The number of furan rings is 1. The lowest BCUT2D eigenvalue weighted by molar-refractivity contribution is -0.139. The van der Waals surface area contributed by atoms with Crippen LogP contribution in [0.4, 0.5) is 0 Å². The molecule has 2 aromatic rings. The minimum Gasteiger partial charge on any atom is -0.468 e. The molecular weight excluding hydrogens is 356 g/mol. The van der Waals surface area contributed by atoms with Crippen molar-refractivity contribution in [3.05, 3.63) is 66.6 Å². The van der Waals surface area contributed by atoms with E-state index in [2.05, 4.69) is 17.2 Å². The Bertz CT molecular complexity index is 871. The molecule has 1 aromatic heterocycles. The maximum Gasteiger partial charge on any atom is 0.309 e. The molecule has 2 amide bonds. The topological polar surface area (TPSA) is 105 Å². The summed E-state index contributed by atoms with van der Waals surface area (Å²) in [5.74, 6) is -1.62. The minimum absolute atomic E-state index is 0.106. The Hall–Kier alpha value is -2.87. The van der Waals surface area contributed by atoms with Crippen molar-refractivity contribution in [3.8, 4) is 0 Å². The normalized spacial score (nSPS) is 12.2. The van der Waals surface area contributed by atoms with E-state index in [0.717, 1.165) is 5.56 Å². The third-order valence-corrected chi connectivity index (χ3v) is 5.72. The highest BCUT2D eigenvalue weighted by Crippen LogP contribution is 2.29. The SMILES string of the molecule is C=CCNC(=O)C(=O)NCC(c1ccco1)S(=O)(=O)c1ccc(C)cc1. The summed E-state index contributed by atoms with van der Waals surface area (Å²) in [5.41, 5.74) is 0.922. The van der Waals surface area contributed by atoms with Crippen LogP contribution in [0.3, 0.4) is 0 Å². The molecule has 1 unspecified atom stereocenters. The molecule has 0 fully saturated rings. The Balaban J connectivity index is 2.22. The summed E-state index contributed by atoms with van der Waals surface area (Å²) in [5, 5.41) is 3.51. The van der Waals surface area contributed by atoms with Crippen LogP contribution in [-0.2, 0) is 19.4 Å². The number of nitrogens with one attached hydrogen (secondary N) is 2. The molecule has 8 heteroatoms. The number of hydrogen-bond donors (Lipinski definition) is 2. The van der Waals surface area contributed by atoms with Crippen molar-refractivity contribution >= 4 is 21.7 Å². The smallest absolute Gasteiger partial charge is 0.309 e. The molecule has 138 valence electrons. The lowest BCUT2D eigenvalue weighted by atomic mass is 10.2. The number of carbonyl (C=O) groups is 2. The van der Waals surface area contributed by atoms with Gasteiger partial charge < -0.3 is 15.1 Å². The van der Waals surface area contributed by atoms with Gasteiger partial charge in [0.05, 0.1) is 11.2 Å². The zero-order chi connectivity index (χ0) is 19.2. The Morgan fingerprint density at radius 2 is 1.81 bits per heavy atom. The second-order valence-electron chi connectivity index (χ2n) is 5.57. The van der Waals surface area contributed by atoms with E-state index in [1.54, 1.807) is 18.2 Å². The summed E-state index contributed by atoms with van der Waals surface area (Å²) in [6, 6.07) is 9.45. The number of hydrogen-bond acceptors (Lipinski definition) is 5. The summed E-state index contributed by atoms with van der Waals surface area (Å²) in [4.78, 5) is 23.6. The summed E-state index contributed by atoms with van der Waals surface area (Å²) < 4.78 is 31.2. The van der Waals surface area contributed by atoms with E-state index in [1.807, 2.05) is 6.92 Å². The van der Waals surface area contributed by atoms with E-state index in [9.17, 15) is 18.0 Å². The van der Waals surface area contributed by atoms with Gasteiger partial charge >= 0.3 is 11.8 Å². The molecular formula is C18H20N2O5S. The monoisotopic (exact) mass is 376 g/mol. The standard InChI is InChI=1S/C18H20N2O5S/c1-3-10-19-17(21)18(22)20-12-16(15-5-4-11-25-15)26(23,24)14-8-6-13(2)7-9-14/h3-9,11,16H,1,10,12H2,2H3,(H,19,21)(H,20,22). The van der Waals surface area contributed by atoms with Crippen molar-refractivity contribution in [1.29, 1.82) is 0 Å². The van der Waals surface area contributed by atoms with Gasteiger partial charge in [-0.15, -0.1) is 6.58 Å². The lowest BCUT2D eigenvalue weighted by Crippen LogP contribution is -2.42. The molecule has 0 aliphatic carbocycles. The fourth-order valence-electron chi connectivity index (χ4n) is 2.24. The largest absolute Gasteiger partial charge is 0.468 e. The third-order valence-electron chi connectivity index (χ3n) is 3.65. The second-order valence-corrected chi connectivity index (χ2v) is 7.70. The summed E-state index contributed by atoms with van der Waals surface area (Å²) in [7, 11) is -3.84. The minimum atomic E-state index is -3.84. The third kappa shape index (κ3) is 4.60. The molecule has 7 nitrogen and oxygen atoms in total. The van der Waals surface area contributed by atoms with Crippen LogP contribution in [0, 0.1) is 6.92 Å². The lowest BCUT2D eigenvalue weighted by Gasteiger charge is -2.16. The molecule has 0 spiro atoms.